The van der Waals surface area contributed by atoms with Gasteiger partial charge in [0.25, 0.3) is 0 Å². The van der Waals surface area contributed by atoms with E-state index in [1.807, 2.05) is 11.8 Å². The molecule has 3 aliphatic rings. The van der Waals surface area contributed by atoms with Crippen LogP contribution in [0.4, 0.5) is 10.1 Å². The summed E-state index contributed by atoms with van der Waals surface area (Å²) in [4.78, 5) is 42.4. The lowest BCUT2D eigenvalue weighted by Gasteiger charge is -2.36. The highest BCUT2D eigenvalue weighted by Gasteiger charge is 2.47. The summed E-state index contributed by atoms with van der Waals surface area (Å²) in [6, 6.07) is 5.83. The minimum atomic E-state index is -0.597. The molecule has 2 aromatic rings. The third kappa shape index (κ3) is 8.27. The minimum absolute atomic E-state index is 0.0394. The second kappa shape index (κ2) is 16.2. The van der Waals surface area contributed by atoms with Crippen LogP contribution in [-0.2, 0) is 23.8 Å². The summed E-state index contributed by atoms with van der Waals surface area (Å²) in [5, 5.41) is 3.74. The van der Waals surface area contributed by atoms with E-state index in [1.165, 1.54) is 6.42 Å². The summed E-state index contributed by atoms with van der Waals surface area (Å²) >= 11 is 0. The van der Waals surface area contributed by atoms with Gasteiger partial charge in [0, 0.05) is 36.7 Å². The van der Waals surface area contributed by atoms with Crippen molar-refractivity contribution in [3.8, 4) is 0 Å². The van der Waals surface area contributed by atoms with Gasteiger partial charge in [-0.15, -0.1) is 0 Å². The number of carbonyl (C=O) groups excluding carboxylic acids is 3. The number of nitrogens with one attached hydrogen (secondary N) is 1. The third-order valence-corrected chi connectivity index (χ3v) is 10.3. The van der Waals surface area contributed by atoms with Gasteiger partial charge in [-0.25, -0.2) is 9.18 Å². The van der Waals surface area contributed by atoms with Gasteiger partial charge in [-0.05, 0) is 81.0 Å². The number of halogens is 1. The van der Waals surface area contributed by atoms with Crippen molar-refractivity contribution in [3.05, 3.63) is 30.0 Å². The van der Waals surface area contributed by atoms with Crippen LogP contribution in [-0.4, -0.2) is 81.0 Å². The first-order valence-corrected chi connectivity index (χ1v) is 17.0. The van der Waals surface area contributed by atoms with E-state index in [2.05, 4.69) is 5.32 Å². The van der Waals surface area contributed by atoms with Gasteiger partial charge in [0.1, 0.15) is 24.9 Å². The molecule has 3 fully saturated rings. The minimum Gasteiger partial charge on any atom is -0.457 e. The number of alkyl halides is 1. The number of nitrogens with two attached hydrogens (primary N) is 1. The quantitative estimate of drug-likeness (QED) is 0.217. The van der Waals surface area contributed by atoms with Crippen molar-refractivity contribution in [1.29, 1.82) is 0 Å². The maximum Gasteiger partial charge on any atom is 0.374 e. The van der Waals surface area contributed by atoms with Crippen molar-refractivity contribution in [2.45, 2.75) is 89.3 Å². The predicted octanol–water partition coefficient (Wildman–Crippen LogP) is 5.48. The molecular formula is C35H50FN3O7. The Morgan fingerprint density at radius 1 is 1.04 bits per heavy atom. The topological polar surface area (TPSA) is 133 Å². The highest BCUT2D eigenvalue weighted by molar-refractivity contribution is 6.00. The van der Waals surface area contributed by atoms with Crippen LogP contribution in [0.3, 0.4) is 0 Å². The molecule has 11 heteroatoms. The largest absolute Gasteiger partial charge is 0.457 e. The van der Waals surface area contributed by atoms with E-state index in [0.717, 1.165) is 44.9 Å². The molecule has 2 amide bonds. The van der Waals surface area contributed by atoms with E-state index in [0.29, 0.717) is 55.2 Å². The van der Waals surface area contributed by atoms with Gasteiger partial charge in [-0.3, -0.25) is 9.59 Å². The summed E-state index contributed by atoms with van der Waals surface area (Å²) in [6.45, 7) is 2.78. The fraction of sp³-hybridized carbons (Fsp3) is 0.686. The van der Waals surface area contributed by atoms with E-state index < -0.39 is 24.7 Å². The number of carbonyl (C=O) groups is 3. The van der Waals surface area contributed by atoms with Crippen LogP contribution >= 0.6 is 0 Å². The summed E-state index contributed by atoms with van der Waals surface area (Å²) in [6.07, 6.45) is 9.05. The Kier molecular flexibility index (Phi) is 12.1. The van der Waals surface area contributed by atoms with Crippen LogP contribution in [0, 0.1) is 23.7 Å². The molecule has 2 heterocycles. The Hall–Kier alpha value is -3.02. The first-order chi connectivity index (χ1) is 22.3. The highest BCUT2D eigenvalue weighted by Crippen LogP contribution is 2.41. The van der Waals surface area contributed by atoms with E-state index in [1.54, 1.807) is 31.4 Å². The number of hydrogen-bond acceptors (Lipinski definition) is 8. The molecular weight excluding hydrogens is 593 g/mol. The van der Waals surface area contributed by atoms with Crippen molar-refractivity contribution in [2.75, 3.05) is 45.5 Å². The molecule has 2 saturated carbocycles. The third-order valence-electron chi connectivity index (χ3n) is 10.3. The molecule has 254 valence electrons. The standard InChI is InChI=1S/C35H50FN3O7/c1-22(44-17-16-43-2)21-45-35(42)31-19-26-18-27(12-13-30(26)46-31)38-33(40)32-28(23-6-4-3-5-7-23)14-15-39(32)34(41)25-10-8-24(9-11-25)29(37)20-36/h12-13,18-19,22-25,28-29,32H,3-11,14-17,20-21,37H2,1-2H3,(H,38,40)/t22-,24?,25?,28+,29?,32+/m1/s1. The number of hydrogen-bond donors (Lipinski definition) is 2. The van der Waals surface area contributed by atoms with Gasteiger partial charge in [-0.2, -0.15) is 0 Å². The SMILES string of the molecule is COCCO[C@H](C)COC(=O)c1cc2cc(NC(=O)[C@@H]3[C@H](C4CCCCC4)CCN3C(=O)C3CCC(C(N)CF)CC3)ccc2o1. The average Bonchev–Trinajstić information content (AvgIpc) is 3.72. The molecule has 1 aromatic heterocycles. The molecule has 4 atom stereocenters. The lowest BCUT2D eigenvalue weighted by atomic mass is 9.76. The molecule has 0 bridgehead atoms. The van der Waals surface area contributed by atoms with Crippen molar-refractivity contribution in [1.82, 2.24) is 4.90 Å². The molecule has 1 saturated heterocycles. The number of benzene rings is 1. The van der Waals surface area contributed by atoms with Crippen LogP contribution in [0.2, 0.25) is 0 Å². The molecule has 0 radical (unpaired) electrons. The number of anilines is 1. The van der Waals surface area contributed by atoms with Crippen molar-refractivity contribution >= 4 is 34.4 Å². The summed E-state index contributed by atoms with van der Waals surface area (Å²) in [5.41, 5.74) is 7.03. The zero-order valence-electron chi connectivity index (χ0n) is 27.2. The predicted molar refractivity (Wildman–Crippen MR) is 172 cm³/mol. The smallest absolute Gasteiger partial charge is 0.374 e. The Balaban J connectivity index is 1.26. The number of fused-ring (bicyclic) bond motifs is 1. The van der Waals surface area contributed by atoms with Gasteiger partial charge in [0.2, 0.25) is 17.6 Å². The number of furan rings is 1. The van der Waals surface area contributed by atoms with E-state index in [4.69, 9.17) is 24.4 Å². The van der Waals surface area contributed by atoms with Crippen molar-refractivity contribution < 1.29 is 37.4 Å². The lowest BCUT2D eigenvalue weighted by molar-refractivity contribution is -0.142. The second-order valence-corrected chi connectivity index (χ2v) is 13.4. The number of amides is 2. The fourth-order valence-electron chi connectivity index (χ4n) is 7.69. The van der Waals surface area contributed by atoms with Crippen molar-refractivity contribution in [3.63, 3.8) is 0 Å². The Labute approximate surface area is 270 Å². The van der Waals surface area contributed by atoms with E-state index in [-0.39, 0.29) is 48.0 Å². The Morgan fingerprint density at radius 3 is 2.52 bits per heavy atom. The van der Waals surface area contributed by atoms with Crippen LogP contribution in [0.1, 0.15) is 81.7 Å². The van der Waals surface area contributed by atoms with Gasteiger partial charge in [0.15, 0.2) is 0 Å². The maximum absolute atomic E-state index is 14.1. The molecule has 1 unspecified atom stereocenters. The number of ether oxygens (including phenoxy) is 3. The number of nitrogens with zero attached hydrogens (tertiary/aromatic N) is 1. The van der Waals surface area contributed by atoms with Gasteiger partial charge in [-0.1, -0.05) is 32.1 Å². The first-order valence-electron chi connectivity index (χ1n) is 17.0. The summed E-state index contributed by atoms with van der Waals surface area (Å²) < 4.78 is 34.7. The first kappa shape index (κ1) is 34.3. The van der Waals surface area contributed by atoms with Crippen LogP contribution in [0.5, 0.6) is 0 Å². The molecule has 3 N–H and O–H groups in total. The van der Waals surface area contributed by atoms with Crippen LogP contribution < -0.4 is 11.1 Å². The molecule has 46 heavy (non-hydrogen) atoms. The molecule has 1 aromatic carbocycles. The normalized spacial score (nSPS) is 25.3. The molecule has 10 nitrogen and oxygen atoms in total. The number of rotatable bonds is 13. The Bertz CT molecular complexity index is 1320. The molecule has 2 aliphatic carbocycles. The monoisotopic (exact) mass is 643 g/mol. The van der Waals surface area contributed by atoms with Gasteiger partial charge < -0.3 is 34.6 Å². The lowest BCUT2D eigenvalue weighted by Crippen LogP contribution is -2.50. The highest BCUT2D eigenvalue weighted by atomic mass is 19.1. The van der Waals surface area contributed by atoms with Gasteiger partial charge >= 0.3 is 5.97 Å². The number of methoxy groups -OCH3 is 1. The molecule has 1 aliphatic heterocycles. The number of likely N-dealkylation sites (tertiary alicyclic amines) is 1. The maximum atomic E-state index is 14.1. The van der Waals surface area contributed by atoms with Crippen LogP contribution in [0.25, 0.3) is 11.0 Å². The van der Waals surface area contributed by atoms with E-state index in [9.17, 15) is 18.8 Å². The zero-order valence-corrected chi connectivity index (χ0v) is 27.2. The van der Waals surface area contributed by atoms with Crippen LogP contribution in [0.15, 0.2) is 28.7 Å². The zero-order chi connectivity index (χ0) is 32.6. The summed E-state index contributed by atoms with van der Waals surface area (Å²) in [7, 11) is 1.59. The molecule has 0 spiro atoms. The second-order valence-electron chi connectivity index (χ2n) is 13.4. The average molecular weight is 644 g/mol. The summed E-state index contributed by atoms with van der Waals surface area (Å²) in [5.74, 6) is -0.208. The fourth-order valence-corrected chi connectivity index (χ4v) is 7.69. The van der Waals surface area contributed by atoms with Crippen molar-refractivity contribution in [2.24, 2.45) is 29.4 Å². The van der Waals surface area contributed by atoms with E-state index >= 15 is 0 Å². The van der Waals surface area contributed by atoms with Gasteiger partial charge in [0.05, 0.1) is 19.3 Å². The Morgan fingerprint density at radius 2 is 1.80 bits per heavy atom. The number of esters is 1. The molecule has 5 rings (SSSR count).